The monoisotopic (exact) mass is 437 g/mol. The van der Waals surface area contributed by atoms with E-state index in [1.807, 2.05) is 44.2 Å². The second-order valence-electron chi connectivity index (χ2n) is 6.96. The Morgan fingerprint density at radius 3 is 2.77 bits per heavy atom. The molecule has 0 aliphatic heterocycles. The Morgan fingerprint density at radius 1 is 1.33 bits per heavy atom. The molecule has 9 heteroatoms. The van der Waals surface area contributed by atoms with Crippen molar-refractivity contribution in [2.45, 2.75) is 31.2 Å². The summed E-state index contributed by atoms with van der Waals surface area (Å²) in [4.78, 5) is 26.7. The molecule has 4 rings (SSSR count). The summed E-state index contributed by atoms with van der Waals surface area (Å²) >= 11 is 2.71. The van der Waals surface area contributed by atoms with Gasteiger partial charge in [0.05, 0.1) is 21.7 Å². The lowest BCUT2D eigenvalue weighted by atomic mass is 10.2. The fraction of sp³-hybridized carbons (Fsp3) is 0.238. The van der Waals surface area contributed by atoms with Crippen molar-refractivity contribution in [3.8, 4) is 6.07 Å². The maximum Gasteiger partial charge on any atom is 0.262 e. The molecule has 0 spiro atoms. The highest BCUT2D eigenvalue weighted by molar-refractivity contribution is 7.99. The number of thiophene rings is 1. The number of rotatable bonds is 4. The van der Waals surface area contributed by atoms with Crippen LogP contribution in [0.4, 0.5) is 0 Å². The first-order valence-corrected chi connectivity index (χ1v) is 10.9. The third kappa shape index (κ3) is 3.28. The molecule has 3 heterocycles. The van der Waals surface area contributed by atoms with E-state index in [1.54, 1.807) is 14.0 Å². The molecule has 0 bridgehead atoms. The Bertz CT molecular complexity index is 1390. The molecule has 152 valence electrons. The van der Waals surface area contributed by atoms with Gasteiger partial charge in [0.15, 0.2) is 11.0 Å². The predicted octanol–water partition coefficient (Wildman–Crippen LogP) is 4.46. The topological polar surface area (TPSA) is 108 Å². The number of aromatic amines is 1. The maximum atomic E-state index is 12.8. The summed E-state index contributed by atoms with van der Waals surface area (Å²) in [6, 6.07) is 9.47. The van der Waals surface area contributed by atoms with E-state index >= 15 is 0 Å². The highest BCUT2D eigenvalue weighted by atomic mass is 32.2. The third-order valence-electron chi connectivity index (χ3n) is 5.03. The van der Waals surface area contributed by atoms with Gasteiger partial charge in [-0.15, -0.1) is 11.3 Å². The second-order valence-corrected chi connectivity index (χ2v) is 9.47. The van der Waals surface area contributed by atoms with E-state index in [0.717, 1.165) is 16.0 Å². The van der Waals surface area contributed by atoms with Crippen LogP contribution in [0, 0.1) is 25.2 Å². The fourth-order valence-electron chi connectivity index (χ4n) is 3.18. The van der Waals surface area contributed by atoms with Gasteiger partial charge in [0.1, 0.15) is 22.2 Å². The number of aliphatic hydroxyl groups excluding tert-OH is 1. The molecule has 4 aromatic rings. The molecule has 0 saturated heterocycles. The SMILES string of the molecule is Cc1sc2nc(SC(C)/C(O)=C(\C#N)c3nc4ccccc4[nH]3)n(C)c(=O)c2c1C. The van der Waals surface area contributed by atoms with E-state index in [9.17, 15) is 15.2 Å². The number of aryl methyl sites for hydroxylation is 2. The highest BCUT2D eigenvalue weighted by Crippen LogP contribution is 2.32. The lowest BCUT2D eigenvalue weighted by molar-refractivity contribution is 0.401. The maximum absolute atomic E-state index is 12.8. The van der Waals surface area contributed by atoms with Crippen molar-refractivity contribution in [1.82, 2.24) is 19.5 Å². The summed E-state index contributed by atoms with van der Waals surface area (Å²) < 4.78 is 1.49. The predicted molar refractivity (Wildman–Crippen MR) is 121 cm³/mol. The van der Waals surface area contributed by atoms with E-state index in [1.165, 1.54) is 27.7 Å². The average Bonchev–Trinajstić information content (AvgIpc) is 3.27. The number of fused-ring (bicyclic) bond motifs is 2. The Balaban J connectivity index is 1.73. The van der Waals surface area contributed by atoms with E-state index in [4.69, 9.17) is 0 Å². The molecule has 0 aliphatic rings. The number of H-pyrrole nitrogens is 1. The number of nitrogens with zero attached hydrogens (tertiary/aromatic N) is 4. The fourth-order valence-corrected chi connectivity index (χ4v) is 5.19. The molecule has 30 heavy (non-hydrogen) atoms. The molecule has 0 radical (unpaired) electrons. The lowest BCUT2D eigenvalue weighted by Crippen LogP contribution is -2.21. The van der Waals surface area contributed by atoms with Gasteiger partial charge in [0.2, 0.25) is 0 Å². The van der Waals surface area contributed by atoms with Crippen LogP contribution in [0.15, 0.2) is 40.0 Å². The standard InChI is InChI=1S/C21H19N5O2S2/c1-10-11(2)29-19-16(10)20(28)26(4)21(25-19)30-12(3)17(27)13(9-22)18-23-14-7-5-6-8-15(14)24-18/h5-8,12,27H,1-4H3,(H,23,24)/b17-13-. The van der Waals surface area contributed by atoms with Crippen molar-refractivity contribution in [2.75, 3.05) is 0 Å². The van der Waals surface area contributed by atoms with Gasteiger partial charge in [-0.05, 0) is 38.5 Å². The number of aliphatic hydroxyl groups is 1. The average molecular weight is 438 g/mol. The number of thioether (sulfide) groups is 1. The molecule has 0 saturated carbocycles. The quantitative estimate of drug-likeness (QED) is 0.211. The number of allylic oxidation sites excluding steroid dienone is 1. The van der Waals surface area contributed by atoms with Gasteiger partial charge in [0.25, 0.3) is 5.56 Å². The Labute approximate surface area is 180 Å². The summed E-state index contributed by atoms with van der Waals surface area (Å²) in [5.41, 5.74) is 2.41. The summed E-state index contributed by atoms with van der Waals surface area (Å²) in [7, 11) is 1.67. The van der Waals surface area contributed by atoms with Crippen molar-refractivity contribution in [3.05, 3.63) is 56.6 Å². The first kappa shape index (κ1) is 20.2. The molecular formula is C21H19N5O2S2. The second kappa shape index (κ2) is 7.63. The van der Waals surface area contributed by atoms with E-state index in [2.05, 4.69) is 15.0 Å². The number of para-hydroxylation sites is 2. The zero-order valence-corrected chi connectivity index (χ0v) is 18.5. The van der Waals surface area contributed by atoms with Crippen LogP contribution in [-0.4, -0.2) is 29.9 Å². The van der Waals surface area contributed by atoms with Crippen LogP contribution in [0.5, 0.6) is 0 Å². The Kier molecular flexibility index (Phi) is 5.13. The van der Waals surface area contributed by atoms with Gasteiger partial charge >= 0.3 is 0 Å². The number of hydrogen-bond acceptors (Lipinski definition) is 7. The van der Waals surface area contributed by atoms with Crippen LogP contribution in [0.3, 0.4) is 0 Å². The molecule has 1 atom stereocenters. The first-order valence-electron chi connectivity index (χ1n) is 9.23. The molecule has 3 aromatic heterocycles. The largest absolute Gasteiger partial charge is 0.510 e. The van der Waals surface area contributed by atoms with E-state index in [0.29, 0.717) is 26.7 Å². The minimum Gasteiger partial charge on any atom is -0.510 e. The minimum atomic E-state index is -0.509. The number of imidazole rings is 1. The minimum absolute atomic E-state index is 0.0695. The zero-order valence-electron chi connectivity index (χ0n) is 16.8. The lowest BCUT2D eigenvalue weighted by Gasteiger charge is -2.13. The van der Waals surface area contributed by atoms with Crippen LogP contribution in [0.2, 0.25) is 0 Å². The Hall–Kier alpha value is -3.09. The molecule has 7 nitrogen and oxygen atoms in total. The van der Waals surface area contributed by atoms with Gasteiger partial charge in [0, 0.05) is 11.9 Å². The summed E-state index contributed by atoms with van der Waals surface area (Å²) in [5, 5.41) is 21.1. The summed E-state index contributed by atoms with van der Waals surface area (Å²) in [6.45, 7) is 5.66. The van der Waals surface area contributed by atoms with Crippen LogP contribution in [0.1, 0.15) is 23.2 Å². The third-order valence-corrected chi connectivity index (χ3v) is 7.28. The number of benzene rings is 1. The van der Waals surface area contributed by atoms with Gasteiger partial charge in [-0.3, -0.25) is 9.36 Å². The highest BCUT2D eigenvalue weighted by Gasteiger charge is 2.22. The van der Waals surface area contributed by atoms with Gasteiger partial charge < -0.3 is 10.1 Å². The van der Waals surface area contributed by atoms with E-state index < -0.39 is 5.25 Å². The van der Waals surface area contributed by atoms with Crippen molar-refractivity contribution < 1.29 is 5.11 Å². The first-order chi connectivity index (χ1) is 14.3. The molecule has 0 amide bonds. The summed E-state index contributed by atoms with van der Waals surface area (Å²) in [6.07, 6.45) is 0. The molecule has 2 N–H and O–H groups in total. The van der Waals surface area contributed by atoms with Gasteiger partial charge in [-0.25, -0.2) is 9.97 Å². The van der Waals surface area contributed by atoms with Crippen LogP contribution < -0.4 is 5.56 Å². The molecular weight excluding hydrogens is 418 g/mol. The number of nitrogens with one attached hydrogen (secondary N) is 1. The molecule has 1 unspecified atom stereocenters. The van der Waals surface area contributed by atoms with Gasteiger partial charge in [-0.2, -0.15) is 5.26 Å². The smallest absolute Gasteiger partial charge is 0.262 e. The number of nitriles is 1. The van der Waals surface area contributed by atoms with Crippen molar-refractivity contribution in [3.63, 3.8) is 0 Å². The van der Waals surface area contributed by atoms with Crippen molar-refractivity contribution in [1.29, 1.82) is 5.26 Å². The number of aromatic nitrogens is 4. The van der Waals surface area contributed by atoms with Crippen LogP contribution in [-0.2, 0) is 7.05 Å². The van der Waals surface area contributed by atoms with Crippen LogP contribution in [0.25, 0.3) is 26.8 Å². The summed E-state index contributed by atoms with van der Waals surface area (Å²) in [5.74, 6) is 0.194. The van der Waals surface area contributed by atoms with Crippen molar-refractivity contribution >= 4 is 49.9 Å². The molecule has 1 aromatic carbocycles. The molecule has 0 aliphatic carbocycles. The Morgan fingerprint density at radius 2 is 2.07 bits per heavy atom. The normalized spacial score (nSPS) is 13.4. The molecule has 0 fully saturated rings. The zero-order chi connectivity index (χ0) is 21.6. The van der Waals surface area contributed by atoms with Crippen LogP contribution >= 0.6 is 23.1 Å². The van der Waals surface area contributed by atoms with Gasteiger partial charge in [-0.1, -0.05) is 23.9 Å². The van der Waals surface area contributed by atoms with Crippen molar-refractivity contribution in [2.24, 2.45) is 7.05 Å². The number of hydrogen-bond donors (Lipinski definition) is 2. The van der Waals surface area contributed by atoms with E-state index in [-0.39, 0.29) is 16.9 Å².